The third-order valence-electron chi connectivity index (χ3n) is 6.77. The zero-order valence-electron chi connectivity index (χ0n) is 17.1. The Morgan fingerprint density at radius 1 is 1.03 bits per heavy atom. The van der Waals surface area contributed by atoms with Crippen LogP contribution in [0.1, 0.15) is 43.1 Å². The normalized spacial score (nSPS) is 27.1. The number of fused-ring (bicyclic) bond motifs is 1. The van der Waals surface area contributed by atoms with Gasteiger partial charge in [0.15, 0.2) is 0 Å². The van der Waals surface area contributed by atoms with Gasteiger partial charge < -0.3 is 15.6 Å². The minimum atomic E-state index is 0.263. The van der Waals surface area contributed by atoms with Crippen LogP contribution in [-0.4, -0.2) is 53.1 Å². The highest BCUT2D eigenvalue weighted by Crippen LogP contribution is 2.34. The molecule has 2 fully saturated rings. The van der Waals surface area contributed by atoms with Crippen molar-refractivity contribution >= 4 is 11.0 Å². The molecule has 5 nitrogen and oxygen atoms in total. The Balaban J connectivity index is 1.44. The summed E-state index contributed by atoms with van der Waals surface area (Å²) in [6.45, 7) is 6.60. The van der Waals surface area contributed by atoms with Crippen molar-refractivity contribution in [3.8, 4) is 0 Å². The number of rotatable bonds is 4. The van der Waals surface area contributed by atoms with Crippen molar-refractivity contribution < 1.29 is 0 Å². The fraction of sp³-hybridized carbons (Fsp3) is 0.458. The first kappa shape index (κ1) is 18.8. The summed E-state index contributed by atoms with van der Waals surface area (Å²) in [5, 5.41) is 7.46. The minimum Gasteiger partial charge on any atom is -0.341 e. The SMILES string of the molecule is CC(C1NCCC1c1ccccc1)N1CCCNCC1c1nc2ccccc2[nH]1. The van der Waals surface area contributed by atoms with Crippen LogP contribution in [0.3, 0.4) is 0 Å². The first-order valence-electron chi connectivity index (χ1n) is 11.0. The number of hydrogen-bond acceptors (Lipinski definition) is 4. The van der Waals surface area contributed by atoms with Crippen LogP contribution >= 0.6 is 0 Å². The lowest BCUT2D eigenvalue weighted by Crippen LogP contribution is -2.50. The van der Waals surface area contributed by atoms with E-state index >= 15 is 0 Å². The van der Waals surface area contributed by atoms with Crippen LogP contribution in [0.4, 0.5) is 0 Å². The fourth-order valence-electron chi connectivity index (χ4n) is 5.28. The summed E-state index contributed by atoms with van der Waals surface area (Å²) in [7, 11) is 0. The lowest BCUT2D eigenvalue weighted by Gasteiger charge is -2.39. The molecule has 0 spiro atoms. The van der Waals surface area contributed by atoms with Crippen LogP contribution in [0.5, 0.6) is 0 Å². The number of imidazole rings is 1. The van der Waals surface area contributed by atoms with Crippen molar-refractivity contribution in [3.05, 3.63) is 66.0 Å². The summed E-state index contributed by atoms with van der Waals surface area (Å²) in [6.07, 6.45) is 2.38. The second-order valence-corrected chi connectivity index (χ2v) is 8.48. The van der Waals surface area contributed by atoms with E-state index in [4.69, 9.17) is 4.98 Å². The number of benzene rings is 2. The summed E-state index contributed by atoms with van der Waals surface area (Å²) < 4.78 is 0. The maximum Gasteiger partial charge on any atom is 0.125 e. The van der Waals surface area contributed by atoms with Gasteiger partial charge in [0.05, 0.1) is 17.1 Å². The Morgan fingerprint density at radius 3 is 2.72 bits per heavy atom. The Bertz CT molecular complexity index is 904. The molecule has 0 saturated carbocycles. The van der Waals surface area contributed by atoms with Gasteiger partial charge in [-0.05, 0) is 50.6 Å². The highest BCUT2D eigenvalue weighted by Gasteiger charge is 2.38. The molecule has 0 bridgehead atoms. The molecule has 0 amide bonds. The molecule has 0 radical (unpaired) electrons. The number of aromatic amines is 1. The van der Waals surface area contributed by atoms with Crippen molar-refractivity contribution in [2.24, 2.45) is 0 Å². The van der Waals surface area contributed by atoms with E-state index in [0.29, 0.717) is 18.0 Å². The zero-order chi connectivity index (χ0) is 19.6. The molecule has 5 heteroatoms. The number of H-pyrrole nitrogens is 1. The zero-order valence-corrected chi connectivity index (χ0v) is 17.1. The van der Waals surface area contributed by atoms with E-state index in [1.807, 2.05) is 0 Å². The Hall–Kier alpha value is -2.21. The van der Waals surface area contributed by atoms with Crippen LogP contribution in [0.25, 0.3) is 11.0 Å². The molecule has 2 aromatic carbocycles. The molecule has 3 N–H and O–H groups in total. The van der Waals surface area contributed by atoms with Crippen LogP contribution in [0.15, 0.2) is 54.6 Å². The number of para-hydroxylation sites is 2. The van der Waals surface area contributed by atoms with Gasteiger partial charge in [-0.1, -0.05) is 42.5 Å². The van der Waals surface area contributed by atoms with Crippen LogP contribution < -0.4 is 10.6 Å². The average molecular weight is 390 g/mol. The molecular weight excluding hydrogens is 358 g/mol. The highest BCUT2D eigenvalue weighted by atomic mass is 15.3. The number of nitrogens with zero attached hydrogens (tertiary/aromatic N) is 2. The van der Waals surface area contributed by atoms with Gasteiger partial charge in [0, 0.05) is 31.1 Å². The van der Waals surface area contributed by atoms with Crippen molar-refractivity contribution in [2.75, 3.05) is 26.2 Å². The van der Waals surface area contributed by atoms with Gasteiger partial charge in [-0.3, -0.25) is 4.90 Å². The van der Waals surface area contributed by atoms with Gasteiger partial charge in [-0.25, -0.2) is 4.98 Å². The van der Waals surface area contributed by atoms with E-state index in [1.54, 1.807) is 0 Å². The van der Waals surface area contributed by atoms with Gasteiger partial charge in [0.25, 0.3) is 0 Å². The fourth-order valence-corrected chi connectivity index (χ4v) is 5.28. The first-order valence-corrected chi connectivity index (χ1v) is 11.0. The number of nitrogens with one attached hydrogen (secondary N) is 3. The van der Waals surface area contributed by atoms with Crippen molar-refractivity contribution in [1.29, 1.82) is 0 Å². The molecule has 2 aliphatic heterocycles. The maximum absolute atomic E-state index is 4.96. The summed E-state index contributed by atoms with van der Waals surface area (Å²) in [5.41, 5.74) is 3.64. The Morgan fingerprint density at radius 2 is 1.86 bits per heavy atom. The van der Waals surface area contributed by atoms with Crippen LogP contribution in [0, 0.1) is 0 Å². The predicted molar refractivity (Wildman–Crippen MR) is 118 cm³/mol. The standard InChI is InChI=1S/C24H31N5/c1-17(23-19(12-14-26-23)18-8-3-2-4-9-18)29-15-7-13-25-16-22(29)24-27-20-10-5-6-11-21(20)28-24/h2-6,8-11,17,19,22-23,25-26H,7,12-16H2,1H3,(H,27,28). The molecule has 4 atom stereocenters. The summed E-state index contributed by atoms with van der Waals surface area (Å²) in [6, 6.07) is 20.5. The lowest BCUT2D eigenvalue weighted by molar-refractivity contribution is 0.119. The highest BCUT2D eigenvalue weighted by molar-refractivity contribution is 5.74. The molecule has 152 valence electrons. The molecule has 1 aromatic heterocycles. The van der Waals surface area contributed by atoms with E-state index in [-0.39, 0.29) is 6.04 Å². The topological polar surface area (TPSA) is 56.0 Å². The van der Waals surface area contributed by atoms with Gasteiger partial charge in [0.2, 0.25) is 0 Å². The molecule has 4 unspecified atom stereocenters. The minimum absolute atomic E-state index is 0.263. The van der Waals surface area contributed by atoms with Crippen LogP contribution in [0.2, 0.25) is 0 Å². The van der Waals surface area contributed by atoms with Crippen molar-refractivity contribution in [3.63, 3.8) is 0 Å². The smallest absolute Gasteiger partial charge is 0.125 e. The summed E-state index contributed by atoms with van der Waals surface area (Å²) in [4.78, 5) is 11.2. The van der Waals surface area contributed by atoms with Gasteiger partial charge in [-0.2, -0.15) is 0 Å². The monoisotopic (exact) mass is 389 g/mol. The van der Waals surface area contributed by atoms with E-state index in [0.717, 1.165) is 43.0 Å². The second kappa shape index (κ2) is 8.27. The molecule has 2 saturated heterocycles. The third kappa shape index (κ3) is 3.70. The molecule has 3 aromatic rings. The van der Waals surface area contributed by atoms with Gasteiger partial charge in [-0.15, -0.1) is 0 Å². The average Bonchev–Trinajstić information content (AvgIpc) is 3.35. The molecule has 2 aliphatic rings. The summed E-state index contributed by atoms with van der Waals surface area (Å²) in [5.74, 6) is 1.65. The van der Waals surface area contributed by atoms with E-state index in [9.17, 15) is 0 Å². The summed E-state index contributed by atoms with van der Waals surface area (Å²) >= 11 is 0. The Labute approximate surface area is 172 Å². The largest absolute Gasteiger partial charge is 0.341 e. The van der Waals surface area contributed by atoms with E-state index in [2.05, 4.69) is 82.0 Å². The predicted octanol–water partition coefficient (Wildman–Crippen LogP) is 3.43. The maximum atomic E-state index is 4.96. The number of hydrogen-bond donors (Lipinski definition) is 3. The van der Waals surface area contributed by atoms with Crippen LogP contribution in [-0.2, 0) is 0 Å². The quantitative estimate of drug-likeness (QED) is 0.640. The van der Waals surface area contributed by atoms with Crippen molar-refractivity contribution in [1.82, 2.24) is 25.5 Å². The number of aromatic nitrogens is 2. The second-order valence-electron chi connectivity index (χ2n) is 8.48. The van der Waals surface area contributed by atoms with Crippen molar-refractivity contribution in [2.45, 2.75) is 43.8 Å². The Kier molecular flexibility index (Phi) is 5.36. The van der Waals surface area contributed by atoms with E-state index < -0.39 is 0 Å². The lowest BCUT2D eigenvalue weighted by atomic mass is 9.87. The molecular formula is C24H31N5. The molecule has 29 heavy (non-hydrogen) atoms. The first-order chi connectivity index (χ1) is 14.3. The molecule has 0 aliphatic carbocycles. The van der Waals surface area contributed by atoms with Gasteiger partial charge in [0.1, 0.15) is 5.82 Å². The third-order valence-corrected chi connectivity index (χ3v) is 6.77. The van der Waals surface area contributed by atoms with Gasteiger partial charge >= 0.3 is 0 Å². The van der Waals surface area contributed by atoms with E-state index in [1.165, 1.54) is 18.4 Å². The molecule has 5 rings (SSSR count). The molecule has 3 heterocycles.